The lowest BCUT2D eigenvalue weighted by Gasteiger charge is -2.27. The van der Waals surface area contributed by atoms with Crippen molar-refractivity contribution in [2.75, 3.05) is 13.1 Å². The number of halogens is 4. The van der Waals surface area contributed by atoms with E-state index in [2.05, 4.69) is 20.8 Å². The standard InChI is InChI=1S/C5H6F3N5.ClH/c6-5(7,8)4-10-11-12-13(4)3-1-9-2-3;/h3,9H,1-2H2;1H. The average Bonchev–Trinajstić information content (AvgIpc) is 2.29. The molecular formula is C5H7ClF3N5. The zero-order valence-electron chi connectivity index (χ0n) is 6.82. The number of aromatic nitrogens is 4. The molecule has 0 aromatic carbocycles. The van der Waals surface area contributed by atoms with Crippen LogP contribution in [0.2, 0.25) is 0 Å². The molecule has 5 nitrogen and oxygen atoms in total. The maximum atomic E-state index is 12.2. The van der Waals surface area contributed by atoms with Gasteiger partial charge in [0.2, 0.25) is 0 Å². The highest BCUT2D eigenvalue weighted by molar-refractivity contribution is 5.85. The molecule has 1 fully saturated rings. The number of alkyl halides is 3. The largest absolute Gasteiger partial charge is 0.453 e. The molecule has 0 bridgehead atoms. The van der Waals surface area contributed by atoms with Gasteiger partial charge in [0, 0.05) is 13.1 Å². The van der Waals surface area contributed by atoms with Crippen molar-refractivity contribution in [2.45, 2.75) is 12.2 Å². The lowest BCUT2D eigenvalue weighted by atomic mass is 10.2. The molecule has 0 unspecified atom stereocenters. The summed E-state index contributed by atoms with van der Waals surface area (Å²) in [5.74, 6) is -1.03. The van der Waals surface area contributed by atoms with Gasteiger partial charge in [-0.3, -0.25) is 0 Å². The predicted octanol–water partition coefficient (Wildman–Crippen LogP) is 0.258. The van der Waals surface area contributed by atoms with E-state index in [1.165, 1.54) is 0 Å². The van der Waals surface area contributed by atoms with Crippen LogP contribution in [0.5, 0.6) is 0 Å². The molecule has 0 atom stereocenters. The van der Waals surface area contributed by atoms with Crippen molar-refractivity contribution in [3.8, 4) is 0 Å². The van der Waals surface area contributed by atoms with Gasteiger partial charge in [0.15, 0.2) is 0 Å². The van der Waals surface area contributed by atoms with Gasteiger partial charge in [-0.25, -0.2) is 4.68 Å². The van der Waals surface area contributed by atoms with Crippen LogP contribution in [-0.2, 0) is 6.18 Å². The summed E-state index contributed by atoms with van der Waals surface area (Å²) in [5.41, 5.74) is 0. The highest BCUT2D eigenvalue weighted by Gasteiger charge is 2.40. The average molecular weight is 230 g/mol. The number of nitrogens with one attached hydrogen (secondary N) is 1. The molecule has 0 saturated carbocycles. The van der Waals surface area contributed by atoms with Crippen LogP contribution in [0.4, 0.5) is 13.2 Å². The molecule has 1 aromatic heterocycles. The highest BCUT2D eigenvalue weighted by Crippen LogP contribution is 2.28. The van der Waals surface area contributed by atoms with Crippen molar-refractivity contribution < 1.29 is 13.2 Å². The molecule has 0 spiro atoms. The van der Waals surface area contributed by atoms with E-state index in [1.807, 2.05) is 0 Å². The fourth-order valence-corrected chi connectivity index (χ4v) is 1.07. The first kappa shape index (κ1) is 11.2. The van der Waals surface area contributed by atoms with Crippen LogP contribution in [0.3, 0.4) is 0 Å². The van der Waals surface area contributed by atoms with Crippen molar-refractivity contribution in [1.29, 1.82) is 0 Å². The minimum absolute atomic E-state index is 0. The van der Waals surface area contributed by atoms with Crippen molar-refractivity contribution in [2.24, 2.45) is 0 Å². The Morgan fingerprint density at radius 1 is 1.36 bits per heavy atom. The zero-order valence-corrected chi connectivity index (χ0v) is 7.64. The van der Waals surface area contributed by atoms with Crippen molar-refractivity contribution in [3.05, 3.63) is 5.82 Å². The molecule has 2 rings (SSSR count). The smallest absolute Gasteiger partial charge is 0.312 e. The van der Waals surface area contributed by atoms with Crippen molar-refractivity contribution >= 4 is 12.4 Å². The maximum absolute atomic E-state index is 12.2. The van der Waals surface area contributed by atoms with Gasteiger partial charge in [0.1, 0.15) is 0 Å². The van der Waals surface area contributed by atoms with Crippen LogP contribution in [-0.4, -0.2) is 33.3 Å². The van der Waals surface area contributed by atoms with Crippen molar-refractivity contribution in [1.82, 2.24) is 25.5 Å². The molecule has 0 amide bonds. The number of hydrogen-bond donors (Lipinski definition) is 1. The lowest BCUT2D eigenvalue weighted by molar-refractivity contribution is -0.149. The number of rotatable bonds is 1. The van der Waals surface area contributed by atoms with E-state index in [-0.39, 0.29) is 18.4 Å². The highest BCUT2D eigenvalue weighted by atomic mass is 35.5. The third-order valence-electron chi connectivity index (χ3n) is 1.85. The molecule has 9 heteroatoms. The van der Waals surface area contributed by atoms with Gasteiger partial charge >= 0.3 is 6.18 Å². The molecule has 0 aliphatic carbocycles. The molecule has 1 saturated heterocycles. The fourth-order valence-electron chi connectivity index (χ4n) is 1.07. The van der Waals surface area contributed by atoms with E-state index in [9.17, 15) is 13.2 Å². The maximum Gasteiger partial charge on any atom is 0.453 e. The topological polar surface area (TPSA) is 55.6 Å². The summed E-state index contributed by atoms with van der Waals surface area (Å²) in [6.45, 7) is 0.961. The van der Waals surface area contributed by atoms with Crippen LogP contribution in [0.1, 0.15) is 11.9 Å². The molecular weight excluding hydrogens is 223 g/mol. The van der Waals surface area contributed by atoms with E-state index in [0.29, 0.717) is 13.1 Å². The summed E-state index contributed by atoms with van der Waals surface area (Å²) in [5, 5.41) is 12.1. The summed E-state index contributed by atoms with van der Waals surface area (Å²) in [6, 6.07) is -0.272. The fraction of sp³-hybridized carbons (Fsp3) is 0.800. The summed E-state index contributed by atoms with van der Waals surface area (Å²) in [7, 11) is 0. The van der Waals surface area contributed by atoms with Crippen LogP contribution < -0.4 is 5.32 Å². The number of nitrogens with zero attached hydrogens (tertiary/aromatic N) is 4. The van der Waals surface area contributed by atoms with E-state index < -0.39 is 12.0 Å². The van der Waals surface area contributed by atoms with E-state index >= 15 is 0 Å². The second-order valence-electron chi connectivity index (χ2n) is 2.76. The zero-order chi connectivity index (χ0) is 9.47. The number of tetrazole rings is 1. The Morgan fingerprint density at radius 3 is 2.43 bits per heavy atom. The van der Waals surface area contributed by atoms with Crippen LogP contribution in [0.25, 0.3) is 0 Å². The first-order valence-corrected chi connectivity index (χ1v) is 3.65. The third-order valence-corrected chi connectivity index (χ3v) is 1.85. The Balaban J connectivity index is 0.000000980. The van der Waals surface area contributed by atoms with Gasteiger partial charge in [0.25, 0.3) is 5.82 Å². The third kappa shape index (κ3) is 1.80. The molecule has 1 aromatic rings. The molecule has 0 radical (unpaired) electrons. The van der Waals surface area contributed by atoms with Gasteiger partial charge in [-0.15, -0.1) is 17.5 Å². The van der Waals surface area contributed by atoms with E-state index in [1.54, 1.807) is 0 Å². The molecule has 1 N–H and O–H groups in total. The minimum Gasteiger partial charge on any atom is -0.312 e. The lowest BCUT2D eigenvalue weighted by Crippen LogP contribution is -2.45. The monoisotopic (exact) mass is 229 g/mol. The van der Waals surface area contributed by atoms with Crippen molar-refractivity contribution in [3.63, 3.8) is 0 Å². The Labute approximate surface area is 83.1 Å². The van der Waals surface area contributed by atoms with Crippen LogP contribution in [0, 0.1) is 0 Å². The first-order valence-electron chi connectivity index (χ1n) is 3.65. The van der Waals surface area contributed by atoms with Gasteiger partial charge in [-0.2, -0.15) is 13.2 Å². The first-order chi connectivity index (χ1) is 6.09. The molecule has 1 aliphatic heterocycles. The SMILES string of the molecule is Cl.FC(F)(F)c1nnnn1C1CNC1. The normalized spacial score (nSPS) is 17.4. The summed E-state index contributed by atoms with van der Waals surface area (Å²) in [4.78, 5) is 0. The molecule has 14 heavy (non-hydrogen) atoms. The Kier molecular flexibility index (Phi) is 2.95. The van der Waals surface area contributed by atoms with E-state index in [4.69, 9.17) is 0 Å². The number of hydrogen-bond acceptors (Lipinski definition) is 4. The van der Waals surface area contributed by atoms with Gasteiger partial charge < -0.3 is 5.32 Å². The second-order valence-corrected chi connectivity index (χ2v) is 2.76. The Bertz CT molecular complexity index is 307. The second kappa shape index (κ2) is 3.70. The van der Waals surface area contributed by atoms with Gasteiger partial charge in [-0.1, -0.05) is 0 Å². The van der Waals surface area contributed by atoms with E-state index in [0.717, 1.165) is 4.68 Å². The predicted molar refractivity (Wildman–Crippen MR) is 42.0 cm³/mol. The quantitative estimate of drug-likeness (QED) is 0.751. The molecule has 80 valence electrons. The summed E-state index contributed by atoms with van der Waals surface area (Å²) < 4.78 is 37.5. The molecule has 1 aliphatic rings. The van der Waals surface area contributed by atoms with Crippen LogP contribution >= 0.6 is 12.4 Å². The minimum atomic E-state index is -4.47. The Morgan fingerprint density at radius 2 is 2.00 bits per heavy atom. The van der Waals surface area contributed by atoms with Crippen LogP contribution in [0.15, 0.2) is 0 Å². The van der Waals surface area contributed by atoms with Gasteiger partial charge in [0.05, 0.1) is 6.04 Å². The Hall–Kier alpha value is -0.890. The summed E-state index contributed by atoms with van der Waals surface area (Å²) in [6.07, 6.45) is -4.47. The molecule has 2 heterocycles. The summed E-state index contributed by atoms with van der Waals surface area (Å²) >= 11 is 0. The van der Waals surface area contributed by atoms with Gasteiger partial charge in [-0.05, 0) is 10.4 Å².